The zero-order chi connectivity index (χ0) is 33.3. The Morgan fingerprint density at radius 1 is 1.09 bits per heavy atom. The molecular weight excluding hydrogens is 667 g/mol. The van der Waals surface area contributed by atoms with Crippen LogP contribution in [0.5, 0.6) is 0 Å². The minimum atomic E-state index is -3.44. The van der Waals surface area contributed by atoms with Gasteiger partial charge in [-0.1, -0.05) is 46.6 Å². The summed E-state index contributed by atoms with van der Waals surface area (Å²) in [5.41, 5.74) is 4.01. The molecule has 0 radical (unpaired) electrons. The van der Waals surface area contributed by atoms with Gasteiger partial charge in [-0.2, -0.15) is 0 Å². The van der Waals surface area contributed by atoms with Crippen molar-refractivity contribution in [3.63, 3.8) is 0 Å². The maximum absolute atomic E-state index is 12.8. The summed E-state index contributed by atoms with van der Waals surface area (Å²) < 4.78 is 43.0. The molecule has 10 nitrogen and oxygen atoms in total. The van der Waals surface area contributed by atoms with Gasteiger partial charge in [0.25, 0.3) is 0 Å². The number of piperidine rings is 1. The summed E-state index contributed by atoms with van der Waals surface area (Å²) >= 11 is 13.0. The van der Waals surface area contributed by atoms with Crippen LogP contribution in [0.2, 0.25) is 10.0 Å². The van der Waals surface area contributed by atoms with Crippen LogP contribution in [-0.2, 0) is 41.3 Å². The lowest BCUT2D eigenvalue weighted by molar-refractivity contribution is -0.151. The summed E-state index contributed by atoms with van der Waals surface area (Å²) in [5.74, 6) is -0.380. The van der Waals surface area contributed by atoms with Crippen molar-refractivity contribution in [3.8, 4) is 11.3 Å². The highest BCUT2D eigenvalue weighted by atomic mass is 35.5. The predicted molar refractivity (Wildman–Crippen MR) is 177 cm³/mol. The second-order valence-electron chi connectivity index (χ2n) is 12.9. The number of fused-ring (bicyclic) bond motifs is 2. The largest absolute Gasteiger partial charge is 0.481 e. The molecule has 2 saturated carbocycles. The van der Waals surface area contributed by atoms with E-state index < -0.39 is 27.9 Å². The Labute approximate surface area is 284 Å². The summed E-state index contributed by atoms with van der Waals surface area (Å²) in [6.45, 7) is 2.85. The third kappa shape index (κ3) is 8.13. The van der Waals surface area contributed by atoms with Crippen molar-refractivity contribution in [2.45, 2.75) is 88.4 Å². The van der Waals surface area contributed by atoms with Crippen molar-refractivity contribution < 1.29 is 37.1 Å². The third-order valence-corrected chi connectivity index (χ3v) is 11.5. The molecule has 13 heteroatoms. The van der Waals surface area contributed by atoms with E-state index in [0.717, 1.165) is 49.2 Å². The zero-order valence-corrected chi connectivity index (χ0v) is 28.4. The van der Waals surface area contributed by atoms with Crippen LogP contribution >= 0.6 is 23.2 Å². The minimum Gasteiger partial charge on any atom is -0.481 e. The first kappa shape index (κ1) is 33.8. The number of sulfone groups is 1. The van der Waals surface area contributed by atoms with Gasteiger partial charge in [-0.05, 0) is 68.9 Å². The number of carboxylic acid groups (broad SMARTS) is 1. The highest BCUT2D eigenvalue weighted by molar-refractivity contribution is 7.90. The van der Waals surface area contributed by atoms with Crippen molar-refractivity contribution in [2.75, 3.05) is 17.2 Å². The number of nitrogens with zero attached hydrogens (tertiary/aromatic N) is 2. The van der Waals surface area contributed by atoms with Gasteiger partial charge in [-0.3, -0.25) is 9.59 Å². The maximum Gasteiger partial charge on any atom is 0.306 e. The molecule has 1 N–H and O–H groups in total. The molecule has 0 spiro atoms. The normalized spacial score (nSPS) is 21.3. The van der Waals surface area contributed by atoms with Crippen LogP contribution in [0.1, 0.15) is 74.7 Å². The Morgan fingerprint density at radius 3 is 2.45 bits per heavy atom. The van der Waals surface area contributed by atoms with Gasteiger partial charge in [0.2, 0.25) is 0 Å². The summed E-state index contributed by atoms with van der Waals surface area (Å²) in [6.07, 6.45) is 3.14. The fraction of sp³-hybridized carbons (Fsp3) is 0.500. The molecule has 2 aliphatic carbocycles. The lowest BCUT2D eigenvalue weighted by Crippen LogP contribution is -2.38. The molecule has 6 rings (SSSR count). The first-order chi connectivity index (χ1) is 22.5. The molecule has 1 unspecified atom stereocenters. The number of carbonyl (C=O) groups is 2. The topological polar surface area (TPSA) is 136 Å². The number of carboxylic acids is 1. The summed E-state index contributed by atoms with van der Waals surface area (Å²) in [6, 6.07) is 13.4. The molecular formula is C34H38Cl2N2O8S. The van der Waals surface area contributed by atoms with Crippen LogP contribution in [0.3, 0.4) is 0 Å². The molecule has 2 heterocycles. The van der Waals surface area contributed by atoms with E-state index in [4.69, 9.17) is 42.3 Å². The molecule has 0 amide bonds. The number of aromatic nitrogens is 1. The number of rotatable bonds is 15. The standard InChI is InChI=1S/C34H38Cl2N2O8S/c1-20(45-31(41)12-11-30(39)40)13-14-47(42,43)19-21-5-9-24(10-6-21)38-17-23-15-25(38)16-29(23)44-18-26-33(37-46-34(26)22-7-8-22)32-27(35)3-2-4-28(32)36/h2-6,9-10,20,22-23,25,29H,7-8,11-19H2,1H3,(H,39,40)/t20?,23-,25-,29+/m0/s1. The monoisotopic (exact) mass is 704 g/mol. The van der Waals surface area contributed by atoms with Crippen molar-refractivity contribution in [1.29, 1.82) is 0 Å². The van der Waals surface area contributed by atoms with Crippen LogP contribution in [0, 0.1) is 5.92 Å². The third-order valence-electron chi connectivity index (χ3n) is 9.25. The molecule has 2 aromatic carbocycles. The fourth-order valence-electron chi connectivity index (χ4n) is 6.67. The summed E-state index contributed by atoms with van der Waals surface area (Å²) in [5, 5.41) is 14.1. The summed E-state index contributed by atoms with van der Waals surface area (Å²) in [4.78, 5) is 24.7. The van der Waals surface area contributed by atoms with E-state index in [1.807, 2.05) is 30.3 Å². The Bertz CT molecular complexity index is 1700. The van der Waals surface area contributed by atoms with E-state index in [0.29, 0.717) is 51.4 Å². The van der Waals surface area contributed by atoms with Gasteiger partial charge in [-0.15, -0.1) is 0 Å². The minimum absolute atomic E-state index is 0.107. The van der Waals surface area contributed by atoms with Gasteiger partial charge in [0.05, 0.1) is 53.2 Å². The first-order valence-corrected chi connectivity index (χ1v) is 18.6. The van der Waals surface area contributed by atoms with Gasteiger partial charge < -0.3 is 24.0 Å². The number of carbonyl (C=O) groups excluding carboxylic acids is 1. The number of ether oxygens (including phenoxy) is 2. The van der Waals surface area contributed by atoms with Gasteiger partial charge >= 0.3 is 11.9 Å². The van der Waals surface area contributed by atoms with Crippen LogP contribution in [0.4, 0.5) is 5.69 Å². The molecule has 3 aromatic rings. The number of hydrogen-bond acceptors (Lipinski definition) is 9. The number of aliphatic carboxylic acids is 1. The number of halogens is 2. The number of benzene rings is 2. The van der Waals surface area contributed by atoms with E-state index in [1.165, 1.54) is 0 Å². The zero-order valence-electron chi connectivity index (χ0n) is 26.1. The Hall–Kier alpha value is -3.12. The van der Waals surface area contributed by atoms with E-state index in [2.05, 4.69) is 10.1 Å². The first-order valence-electron chi connectivity index (χ1n) is 16.0. The lowest BCUT2D eigenvalue weighted by Gasteiger charge is -2.33. The molecule has 47 heavy (non-hydrogen) atoms. The predicted octanol–water partition coefficient (Wildman–Crippen LogP) is 6.81. The number of esters is 1. The van der Waals surface area contributed by atoms with Crippen LogP contribution in [0.25, 0.3) is 11.3 Å². The average molecular weight is 706 g/mol. The van der Waals surface area contributed by atoms with Crippen LogP contribution < -0.4 is 4.90 Å². The molecule has 2 bridgehead atoms. The smallest absolute Gasteiger partial charge is 0.306 e. The van der Waals surface area contributed by atoms with E-state index in [9.17, 15) is 18.0 Å². The fourth-order valence-corrected chi connectivity index (χ4v) is 8.78. The van der Waals surface area contributed by atoms with Gasteiger partial charge in [-0.25, -0.2) is 8.42 Å². The van der Waals surface area contributed by atoms with Crippen molar-refractivity contribution in [1.82, 2.24) is 5.16 Å². The van der Waals surface area contributed by atoms with E-state index >= 15 is 0 Å². The molecule has 1 aromatic heterocycles. The molecule has 3 fully saturated rings. The number of hydrogen-bond donors (Lipinski definition) is 1. The van der Waals surface area contributed by atoms with Crippen molar-refractivity contribution in [2.24, 2.45) is 5.92 Å². The molecule has 1 aliphatic heterocycles. The summed E-state index contributed by atoms with van der Waals surface area (Å²) in [7, 11) is -3.44. The Balaban J connectivity index is 1.01. The SMILES string of the molecule is CC(CCS(=O)(=O)Cc1ccc(N2C[C@@H]3C[C@H]2C[C@H]3OCc2c(-c3c(Cl)cccc3Cl)noc2C2CC2)cc1)OC(=O)CCC(=O)O. The Kier molecular flexibility index (Phi) is 10.2. The molecule has 3 aliphatic rings. The van der Waals surface area contributed by atoms with Crippen molar-refractivity contribution in [3.05, 3.63) is 69.4 Å². The van der Waals surface area contributed by atoms with Gasteiger partial charge in [0, 0.05) is 41.2 Å². The molecule has 1 saturated heterocycles. The van der Waals surface area contributed by atoms with Crippen molar-refractivity contribution >= 4 is 50.7 Å². The van der Waals surface area contributed by atoms with Crippen LogP contribution in [0.15, 0.2) is 47.0 Å². The second-order valence-corrected chi connectivity index (χ2v) is 15.9. The highest BCUT2D eigenvalue weighted by Gasteiger charge is 2.45. The molecule has 252 valence electrons. The number of anilines is 1. The second kappa shape index (κ2) is 14.2. The van der Waals surface area contributed by atoms with E-state index in [1.54, 1.807) is 19.1 Å². The highest BCUT2D eigenvalue weighted by Crippen LogP contribution is 2.47. The lowest BCUT2D eigenvalue weighted by atomic mass is 10.0. The maximum atomic E-state index is 12.8. The molecule has 4 atom stereocenters. The Morgan fingerprint density at radius 2 is 1.81 bits per heavy atom. The van der Waals surface area contributed by atoms with Crippen LogP contribution in [-0.4, -0.2) is 61.2 Å². The van der Waals surface area contributed by atoms with Gasteiger partial charge in [0.15, 0.2) is 9.84 Å². The van der Waals surface area contributed by atoms with Gasteiger partial charge in [0.1, 0.15) is 11.5 Å². The average Bonchev–Trinajstić information content (AvgIpc) is 3.47. The quantitative estimate of drug-likeness (QED) is 0.168. The van der Waals surface area contributed by atoms with E-state index in [-0.39, 0.29) is 36.9 Å².